The number of hydrogen-bond donors (Lipinski definition) is 0. The van der Waals surface area contributed by atoms with Crippen molar-refractivity contribution in [3.05, 3.63) is 33.9 Å². The summed E-state index contributed by atoms with van der Waals surface area (Å²) in [5.41, 5.74) is 0.671. The molecule has 1 aromatic carbocycles. The topological polar surface area (TPSA) is 86.5 Å². The van der Waals surface area contributed by atoms with E-state index in [0.29, 0.717) is 0 Å². The second kappa shape index (κ2) is 6.21. The molecule has 0 bridgehead atoms. The van der Waals surface area contributed by atoms with Crippen molar-refractivity contribution < 1.29 is 18.1 Å². The Bertz CT molecular complexity index is 572. The van der Waals surface area contributed by atoms with Crippen LogP contribution in [0.5, 0.6) is 5.75 Å². The molecule has 0 aliphatic carbocycles. The van der Waals surface area contributed by atoms with Crippen LogP contribution in [0, 0.1) is 23.0 Å². The van der Waals surface area contributed by atoms with Crippen LogP contribution in [0.1, 0.15) is 12.5 Å². The van der Waals surface area contributed by atoms with E-state index in [9.17, 15) is 18.5 Å². The minimum atomic E-state index is -3.60. The van der Waals surface area contributed by atoms with Crippen molar-refractivity contribution in [3.63, 3.8) is 0 Å². The third kappa shape index (κ3) is 5.44. The highest BCUT2D eigenvalue weighted by Gasteiger charge is 2.18. The van der Waals surface area contributed by atoms with Crippen LogP contribution in [0.25, 0.3) is 0 Å². The molecule has 19 heavy (non-hydrogen) atoms. The first-order chi connectivity index (χ1) is 8.69. The van der Waals surface area contributed by atoms with Gasteiger partial charge in [0, 0.05) is 22.7 Å². The van der Waals surface area contributed by atoms with Crippen molar-refractivity contribution in [2.24, 2.45) is 5.92 Å². The van der Waals surface area contributed by atoms with E-state index in [0.717, 1.165) is 5.56 Å². The fourth-order valence-electron chi connectivity index (χ4n) is 1.51. The van der Waals surface area contributed by atoms with Gasteiger partial charge in [0.15, 0.2) is 5.75 Å². The Morgan fingerprint density at radius 2 is 2.11 bits per heavy atom. The average Bonchev–Trinajstić information content (AvgIpc) is 2.23. The quantitative estimate of drug-likeness (QED) is 0.458. The van der Waals surface area contributed by atoms with E-state index >= 15 is 0 Å². The standard InChI is InChI=1S/C11H14ClNO5S/c1-8-3-4-10(13(14)15)11(5-8)18-6-9(2)7-19(12,16)17/h3-5,9H,6-7H2,1-2H3. The molecule has 0 fully saturated rings. The van der Waals surface area contributed by atoms with E-state index in [1.807, 2.05) is 0 Å². The van der Waals surface area contributed by atoms with Gasteiger partial charge in [-0.05, 0) is 18.6 Å². The van der Waals surface area contributed by atoms with Gasteiger partial charge < -0.3 is 4.74 Å². The molecule has 0 aliphatic heterocycles. The molecule has 0 radical (unpaired) electrons. The fraction of sp³-hybridized carbons (Fsp3) is 0.455. The van der Waals surface area contributed by atoms with Crippen molar-refractivity contribution in [1.29, 1.82) is 0 Å². The van der Waals surface area contributed by atoms with Gasteiger partial charge in [0.25, 0.3) is 0 Å². The zero-order valence-electron chi connectivity index (χ0n) is 10.5. The fourth-order valence-corrected chi connectivity index (χ4v) is 2.93. The SMILES string of the molecule is Cc1ccc([N+](=O)[O-])c(OCC(C)CS(=O)(=O)Cl)c1. The van der Waals surface area contributed by atoms with Gasteiger partial charge in [0.1, 0.15) is 0 Å². The van der Waals surface area contributed by atoms with Crippen molar-refractivity contribution in [2.75, 3.05) is 12.4 Å². The molecule has 1 rings (SSSR count). The maximum absolute atomic E-state index is 10.9. The molecule has 0 saturated heterocycles. The number of nitro benzene ring substituents is 1. The van der Waals surface area contributed by atoms with E-state index < -0.39 is 14.0 Å². The van der Waals surface area contributed by atoms with E-state index in [-0.39, 0.29) is 29.7 Å². The van der Waals surface area contributed by atoms with Crippen LogP contribution in [-0.4, -0.2) is 25.7 Å². The van der Waals surface area contributed by atoms with Gasteiger partial charge in [0.2, 0.25) is 9.05 Å². The molecule has 0 spiro atoms. The summed E-state index contributed by atoms with van der Waals surface area (Å²) in [6.45, 7) is 3.46. The minimum absolute atomic E-state index is 0.0379. The molecule has 0 saturated carbocycles. The number of halogens is 1. The Labute approximate surface area is 115 Å². The van der Waals surface area contributed by atoms with E-state index in [2.05, 4.69) is 0 Å². The molecular weight excluding hydrogens is 294 g/mol. The highest BCUT2D eigenvalue weighted by molar-refractivity contribution is 8.13. The highest BCUT2D eigenvalue weighted by atomic mass is 35.7. The molecule has 1 unspecified atom stereocenters. The molecule has 8 heteroatoms. The molecule has 0 aliphatic rings. The first-order valence-electron chi connectivity index (χ1n) is 5.49. The van der Waals surface area contributed by atoms with Crippen molar-refractivity contribution in [2.45, 2.75) is 13.8 Å². The number of hydrogen-bond acceptors (Lipinski definition) is 5. The second-order valence-corrected chi connectivity index (χ2v) is 7.17. The first kappa shape index (κ1) is 15.7. The maximum atomic E-state index is 10.9. The van der Waals surface area contributed by atoms with E-state index in [1.54, 1.807) is 26.0 Å². The Morgan fingerprint density at radius 1 is 1.47 bits per heavy atom. The van der Waals surface area contributed by atoms with Crippen LogP contribution in [0.15, 0.2) is 18.2 Å². The Balaban J connectivity index is 2.77. The van der Waals surface area contributed by atoms with Gasteiger partial charge in [-0.2, -0.15) is 0 Å². The Kier molecular flexibility index (Phi) is 5.13. The lowest BCUT2D eigenvalue weighted by Gasteiger charge is -2.12. The molecule has 0 amide bonds. The third-order valence-corrected chi connectivity index (χ3v) is 3.66. The van der Waals surface area contributed by atoms with Crippen molar-refractivity contribution in [3.8, 4) is 5.75 Å². The zero-order chi connectivity index (χ0) is 14.6. The highest BCUT2D eigenvalue weighted by Crippen LogP contribution is 2.28. The number of nitro groups is 1. The van der Waals surface area contributed by atoms with Gasteiger partial charge in [-0.25, -0.2) is 8.42 Å². The predicted molar refractivity (Wildman–Crippen MR) is 72.1 cm³/mol. The van der Waals surface area contributed by atoms with Crippen LogP contribution in [-0.2, 0) is 9.05 Å². The Morgan fingerprint density at radius 3 is 2.63 bits per heavy atom. The largest absolute Gasteiger partial charge is 0.486 e. The minimum Gasteiger partial charge on any atom is -0.486 e. The first-order valence-corrected chi connectivity index (χ1v) is 7.97. The molecular formula is C11H14ClNO5S. The summed E-state index contributed by atoms with van der Waals surface area (Å²) < 4.78 is 27.1. The van der Waals surface area contributed by atoms with Crippen molar-refractivity contribution in [1.82, 2.24) is 0 Å². The predicted octanol–water partition coefficient (Wildman–Crippen LogP) is 2.49. The molecule has 106 valence electrons. The maximum Gasteiger partial charge on any atom is 0.310 e. The zero-order valence-corrected chi connectivity index (χ0v) is 12.1. The molecule has 1 atom stereocenters. The normalized spacial score (nSPS) is 13.0. The van der Waals surface area contributed by atoms with Crippen LogP contribution in [0.2, 0.25) is 0 Å². The summed E-state index contributed by atoms with van der Waals surface area (Å²) in [7, 11) is 1.52. The number of nitrogens with zero attached hydrogens (tertiary/aromatic N) is 1. The molecule has 6 nitrogen and oxygen atoms in total. The van der Waals surface area contributed by atoms with Gasteiger partial charge in [-0.1, -0.05) is 13.0 Å². The van der Waals surface area contributed by atoms with E-state index in [4.69, 9.17) is 15.4 Å². The smallest absolute Gasteiger partial charge is 0.310 e. The lowest BCUT2D eigenvalue weighted by Crippen LogP contribution is -2.16. The van der Waals surface area contributed by atoms with Crippen LogP contribution in [0.3, 0.4) is 0 Å². The van der Waals surface area contributed by atoms with Crippen molar-refractivity contribution >= 4 is 25.4 Å². The number of ether oxygens (including phenoxy) is 1. The van der Waals surface area contributed by atoms with Crippen LogP contribution < -0.4 is 4.74 Å². The number of rotatable bonds is 6. The number of benzene rings is 1. The van der Waals surface area contributed by atoms with Crippen LogP contribution >= 0.6 is 10.7 Å². The molecule has 0 heterocycles. The van der Waals surface area contributed by atoms with Gasteiger partial charge >= 0.3 is 5.69 Å². The summed E-state index contributed by atoms with van der Waals surface area (Å²) in [5, 5.41) is 10.8. The molecule has 0 aromatic heterocycles. The average molecular weight is 308 g/mol. The lowest BCUT2D eigenvalue weighted by molar-refractivity contribution is -0.385. The van der Waals surface area contributed by atoms with Gasteiger partial charge in [-0.15, -0.1) is 0 Å². The van der Waals surface area contributed by atoms with Gasteiger partial charge in [0.05, 0.1) is 17.3 Å². The summed E-state index contributed by atoms with van der Waals surface area (Å²) >= 11 is 0. The monoisotopic (exact) mass is 307 g/mol. The van der Waals surface area contributed by atoms with E-state index in [1.165, 1.54) is 6.07 Å². The summed E-state index contributed by atoms with van der Waals surface area (Å²) in [6.07, 6.45) is 0. The molecule has 0 N–H and O–H groups in total. The third-order valence-electron chi connectivity index (χ3n) is 2.32. The second-order valence-electron chi connectivity index (χ2n) is 4.35. The lowest BCUT2D eigenvalue weighted by atomic mass is 10.2. The summed E-state index contributed by atoms with van der Waals surface area (Å²) in [5.74, 6) is -0.472. The summed E-state index contributed by atoms with van der Waals surface area (Å²) in [4.78, 5) is 10.3. The summed E-state index contributed by atoms with van der Waals surface area (Å²) in [6, 6.07) is 4.51. The molecule has 1 aromatic rings. The Hall–Kier alpha value is -1.34. The van der Waals surface area contributed by atoms with Crippen LogP contribution in [0.4, 0.5) is 5.69 Å². The number of aryl methyl sites for hydroxylation is 1. The van der Waals surface area contributed by atoms with Gasteiger partial charge in [-0.3, -0.25) is 10.1 Å².